The first-order chi connectivity index (χ1) is 18.2. The van der Waals surface area contributed by atoms with Crippen LogP contribution in [0.4, 0.5) is 5.69 Å². The highest BCUT2D eigenvalue weighted by Crippen LogP contribution is 2.32. The molecule has 0 spiro atoms. The number of nitrogens with zero attached hydrogens (tertiary/aromatic N) is 6. The highest BCUT2D eigenvalue weighted by Gasteiger charge is 2.35. The van der Waals surface area contributed by atoms with Crippen molar-refractivity contribution in [1.29, 1.82) is 0 Å². The number of piperazine rings is 1. The lowest BCUT2D eigenvalue weighted by atomic mass is 10.0. The quantitative estimate of drug-likeness (QED) is 0.412. The summed E-state index contributed by atoms with van der Waals surface area (Å²) in [6.45, 7) is 16.3. The van der Waals surface area contributed by atoms with Gasteiger partial charge in [-0.3, -0.25) is 9.69 Å². The van der Waals surface area contributed by atoms with Gasteiger partial charge >= 0.3 is 0 Å². The average Bonchev–Trinajstić information content (AvgIpc) is 3.37. The van der Waals surface area contributed by atoms with Gasteiger partial charge in [-0.2, -0.15) is 0 Å². The molecule has 1 atom stereocenters. The predicted molar refractivity (Wildman–Crippen MR) is 150 cm³/mol. The molecule has 4 aromatic rings. The third kappa shape index (κ3) is 4.90. The summed E-state index contributed by atoms with van der Waals surface area (Å²) < 4.78 is 7.57. The number of hydrogen-bond donors (Lipinski definition) is 1. The summed E-state index contributed by atoms with van der Waals surface area (Å²) >= 11 is 0. The number of tetrazole rings is 1. The minimum Gasteiger partial charge on any atom is -0.494 e. The van der Waals surface area contributed by atoms with E-state index in [-0.39, 0.29) is 11.1 Å². The van der Waals surface area contributed by atoms with Crippen molar-refractivity contribution in [1.82, 2.24) is 30.1 Å². The Morgan fingerprint density at radius 2 is 1.82 bits per heavy atom. The summed E-state index contributed by atoms with van der Waals surface area (Å²) in [7, 11) is 0. The van der Waals surface area contributed by atoms with Crippen molar-refractivity contribution in [3.05, 3.63) is 75.3 Å². The second-order valence-electron chi connectivity index (χ2n) is 11.0. The van der Waals surface area contributed by atoms with Gasteiger partial charge in [0.05, 0.1) is 12.1 Å². The Balaban J connectivity index is 1.56. The number of H-pyrrole nitrogens is 1. The van der Waals surface area contributed by atoms with Gasteiger partial charge in [-0.25, -0.2) is 4.68 Å². The summed E-state index contributed by atoms with van der Waals surface area (Å²) in [6.07, 6.45) is 0. The van der Waals surface area contributed by atoms with Crippen LogP contribution in [-0.2, 0) is 5.54 Å². The fourth-order valence-electron chi connectivity index (χ4n) is 5.30. The molecule has 3 heterocycles. The average molecular weight is 516 g/mol. The number of hydrogen-bond acceptors (Lipinski definition) is 7. The summed E-state index contributed by atoms with van der Waals surface area (Å²) in [5.74, 6) is 1.44. The number of nitrogens with one attached hydrogen (secondary N) is 1. The third-order valence-electron chi connectivity index (χ3n) is 7.42. The number of aromatic nitrogens is 5. The topological polar surface area (TPSA) is 92.2 Å². The molecule has 9 nitrogen and oxygen atoms in total. The second kappa shape index (κ2) is 10.2. The Morgan fingerprint density at radius 3 is 2.53 bits per heavy atom. The normalized spacial score (nSPS) is 15.7. The number of benzene rings is 2. The molecule has 38 heavy (non-hydrogen) atoms. The van der Waals surface area contributed by atoms with Gasteiger partial charge in [0.2, 0.25) is 0 Å². The number of ether oxygens (including phenoxy) is 1. The standard InChI is InChI=1S/C29H37N7O2/c1-7-38-22-11-12-24-21(17-22)18-23(28(37)30-24)26(27-31-32-33-36(27)29(4,5)6)35-15-13-34(14-16-35)25-10-8-9-19(2)20(25)3/h8-12,17-18,26H,7,13-16H2,1-6H3,(H,30,37)/t26-/m0/s1. The van der Waals surface area contributed by atoms with Crippen LogP contribution in [0.5, 0.6) is 5.75 Å². The van der Waals surface area contributed by atoms with Crippen molar-refractivity contribution in [2.24, 2.45) is 0 Å². The molecule has 1 saturated heterocycles. The number of aromatic amines is 1. The van der Waals surface area contributed by atoms with Gasteiger partial charge in [0.1, 0.15) is 11.8 Å². The van der Waals surface area contributed by atoms with Gasteiger partial charge in [-0.1, -0.05) is 12.1 Å². The smallest absolute Gasteiger partial charge is 0.253 e. The van der Waals surface area contributed by atoms with Crippen molar-refractivity contribution in [3.63, 3.8) is 0 Å². The van der Waals surface area contributed by atoms with Crippen LogP contribution in [0.2, 0.25) is 0 Å². The van der Waals surface area contributed by atoms with E-state index >= 15 is 0 Å². The summed E-state index contributed by atoms with van der Waals surface area (Å²) in [5, 5.41) is 13.8. The maximum atomic E-state index is 13.6. The second-order valence-corrected chi connectivity index (χ2v) is 11.0. The molecule has 0 saturated carbocycles. The van der Waals surface area contributed by atoms with Crippen molar-refractivity contribution in [2.75, 3.05) is 37.7 Å². The van der Waals surface area contributed by atoms with E-state index in [1.807, 2.05) is 35.9 Å². The zero-order valence-corrected chi connectivity index (χ0v) is 23.2. The minimum atomic E-state index is -0.395. The molecule has 1 fully saturated rings. The molecule has 5 rings (SSSR count). The summed E-state index contributed by atoms with van der Waals surface area (Å²) in [4.78, 5) is 21.4. The van der Waals surface area contributed by atoms with E-state index in [1.165, 1.54) is 16.8 Å². The Kier molecular flexibility index (Phi) is 6.96. The molecule has 1 aliphatic rings. The molecule has 0 amide bonds. The molecule has 0 unspecified atom stereocenters. The third-order valence-corrected chi connectivity index (χ3v) is 7.42. The number of fused-ring (bicyclic) bond motifs is 1. The first-order valence-electron chi connectivity index (χ1n) is 13.3. The summed E-state index contributed by atoms with van der Waals surface area (Å²) in [5.41, 5.74) is 4.80. The van der Waals surface area contributed by atoms with Gasteiger partial charge in [0, 0.05) is 48.3 Å². The molecule has 0 bridgehead atoms. The number of anilines is 1. The fourth-order valence-corrected chi connectivity index (χ4v) is 5.30. The van der Waals surface area contributed by atoms with Crippen LogP contribution in [0, 0.1) is 13.8 Å². The zero-order valence-electron chi connectivity index (χ0n) is 23.2. The van der Waals surface area contributed by atoms with Crippen LogP contribution in [0.15, 0.2) is 47.3 Å². The van der Waals surface area contributed by atoms with Crippen molar-refractivity contribution in [3.8, 4) is 5.75 Å². The lowest BCUT2D eigenvalue weighted by Gasteiger charge is -2.40. The Bertz CT molecular complexity index is 1490. The first kappa shape index (κ1) is 25.9. The van der Waals surface area contributed by atoms with Gasteiger partial charge in [-0.05, 0) is 93.4 Å². The lowest BCUT2D eigenvalue weighted by Crippen LogP contribution is -2.49. The van der Waals surface area contributed by atoms with E-state index in [0.717, 1.165) is 42.8 Å². The highest BCUT2D eigenvalue weighted by molar-refractivity contribution is 5.80. The molecule has 0 radical (unpaired) electrons. The van der Waals surface area contributed by atoms with Gasteiger partial charge in [-0.15, -0.1) is 5.10 Å². The number of pyridine rings is 1. The van der Waals surface area contributed by atoms with Crippen LogP contribution in [0.3, 0.4) is 0 Å². The van der Waals surface area contributed by atoms with Crippen LogP contribution >= 0.6 is 0 Å². The molecule has 200 valence electrons. The molecule has 0 aliphatic carbocycles. The highest BCUT2D eigenvalue weighted by atomic mass is 16.5. The Morgan fingerprint density at radius 1 is 1.05 bits per heavy atom. The monoisotopic (exact) mass is 515 g/mol. The lowest BCUT2D eigenvalue weighted by molar-refractivity contribution is 0.190. The zero-order chi connectivity index (χ0) is 27.0. The molecular weight excluding hydrogens is 478 g/mol. The Hall–Kier alpha value is -3.72. The summed E-state index contributed by atoms with van der Waals surface area (Å²) in [6, 6.07) is 13.8. The maximum absolute atomic E-state index is 13.6. The van der Waals surface area contributed by atoms with Gasteiger partial charge < -0.3 is 14.6 Å². The molecule has 9 heteroatoms. The van der Waals surface area contributed by atoms with Crippen LogP contribution < -0.4 is 15.2 Å². The van der Waals surface area contributed by atoms with Crippen molar-refractivity contribution >= 4 is 16.6 Å². The fraction of sp³-hybridized carbons (Fsp3) is 0.448. The van der Waals surface area contributed by atoms with Crippen LogP contribution in [-0.4, -0.2) is 62.9 Å². The van der Waals surface area contributed by atoms with Gasteiger partial charge in [0.15, 0.2) is 5.82 Å². The van der Waals surface area contributed by atoms with Crippen molar-refractivity contribution in [2.45, 2.75) is 53.1 Å². The maximum Gasteiger partial charge on any atom is 0.253 e. The molecule has 2 aromatic heterocycles. The predicted octanol–water partition coefficient (Wildman–Crippen LogP) is 4.20. The molecular formula is C29H37N7O2. The van der Waals surface area contributed by atoms with Gasteiger partial charge in [0.25, 0.3) is 5.56 Å². The van der Waals surface area contributed by atoms with E-state index in [2.05, 4.69) is 83.1 Å². The van der Waals surface area contributed by atoms with Crippen LogP contribution in [0.25, 0.3) is 10.9 Å². The van der Waals surface area contributed by atoms with Crippen LogP contribution in [0.1, 0.15) is 56.3 Å². The van der Waals surface area contributed by atoms with E-state index in [1.54, 1.807) is 0 Å². The van der Waals surface area contributed by atoms with E-state index in [0.29, 0.717) is 18.0 Å². The SMILES string of the molecule is CCOc1ccc2[nH]c(=O)c([C@@H](c3nnnn3C(C)(C)C)N3CCN(c4cccc(C)c4C)CC3)cc2c1. The molecule has 1 N–H and O–H groups in total. The van der Waals surface area contributed by atoms with Crippen molar-refractivity contribution < 1.29 is 4.74 Å². The number of rotatable bonds is 6. The molecule has 2 aromatic carbocycles. The first-order valence-corrected chi connectivity index (χ1v) is 13.3. The van der Waals surface area contributed by atoms with E-state index in [9.17, 15) is 4.79 Å². The molecule has 1 aliphatic heterocycles. The van der Waals surface area contributed by atoms with E-state index < -0.39 is 6.04 Å². The minimum absolute atomic E-state index is 0.132. The Labute approximate surface area is 223 Å². The number of aryl methyl sites for hydroxylation is 1. The van der Waals surface area contributed by atoms with E-state index in [4.69, 9.17) is 4.74 Å². The largest absolute Gasteiger partial charge is 0.494 e.